The van der Waals surface area contributed by atoms with Gasteiger partial charge in [0.15, 0.2) is 20.9 Å². The lowest BCUT2D eigenvalue weighted by molar-refractivity contribution is -0.333. The Morgan fingerprint density at radius 1 is 1.21 bits per heavy atom. The van der Waals surface area contributed by atoms with Crippen molar-refractivity contribution >= 4 is 8.32 Å². The van der Waals surface area contributed by atoms with E-state index in [-0.39, 0.29) is 11.6 Å². The van der Waals surface area contributed by atoms with E-state index in [1.54, 1.807) is 0 Å². The van der Waals surface area contributed by atoms with E-state index in [4.69, 9.17) is 24.2 Å². The van der Waals surface area contributed by atoms with E-state index in [1.165, 1.54) is 0 Å². The molecule has 0 saturated carbocycles. The fourth-order valence-electron chi connectivity index (χ4n) is 3.10. The van der Waals surface area contributed by atoms with Crippen LogP contribution in [0.5, 0.6) is 0 Å². The summed E-state index contributed by atoms with van der Waals surface area (Å²) < 4.78 is 24.2. The van der Waals surface area contributed by atoms with Crippen LogP contribution in [0.4, 0.5) is 0 Å². The Morgan fingerprint density at radius 2 is 1.89 bits per heavy atom. The Bertz CT molecular complexity index is 720. The van der Waals surface area contributed by atoms with Gasteiger partial charge in [0.2, 0.25) is 0 Å². The van der Waals surface area contributed by atoms with Gasteiger partial charge in [-0.15, -0.1) is 0 Å². The molecule has 0 bridgehead atoms. The van der Waals surface area contributed by atoms with Crippen molar-refractivity contribution in [3.8, 4) is 0 Å². The summed E-state index contributed by atoms with van der Waals surface area (Å²) in [6.45, 7) is 10.8. The molecule has 2 saturated heterocycles. The van der Waals surface area contributed by atoms with Crippen LogP contribution in [0, 0.1) is 0 Å². The summed E-state index contributed by atoms with van der Waals surface area (Å²) >= 11 is 0. The molecule has 2 aliphatic heterocycles. The molecule has 8 nitrogen and oxygen atoms in total. The van der Waals surface area contributed by atoms with Gasteiger partial charge in [-0.2, -0.15) is 0 Å². The molecule has 2 heterocycles. The second-order valence-electron chi connectivity index (χ2n) is 8.78. The van der Waals surface area contributed by atoms with Crippen LogP contribution in [0.25, 0.3) is 10.4 Å². The Morgan fingerprint density at radius 3 is 2.50 bits per heavy atom. The largest absolute Gasteiger partial charge is 0.392 e. The predicted octanol–water partition coefficient (Wildman–Crippen LogP) is 3.89. The lowest BCUT2D eigenvalue weighted by Gasteiger charge is -2.49. The van der Waals surface area contributed by atoms with Crippen LogP contribution < -0.4 is 0 Å². The number of azide groups is 1. The van der Waals surface area contributed by atoms with E-state index < -0.39 is 45.3 Å². The fourth-order valence-corrected chi connectivity index (χ4v) is 4.23. The summed E-state index contributed by atoms with van der Waals surface area (Å²) in [7, 11) is -2.22. The van der Waals surface area contributed by atoms with Gasteiger partial charge < -0.3 is 23.7 Å². The first-order valence-electron chi connectivity index (χ1n) is 9.51. The van der Waals surface area contributed by atoms with Crippen molar-refractivity contribution < 1.29 is 23.7 Å². The molecule has 3 rings (SSSR count). The fraction of sp³-hybridized carbons (Fsp3) is 0.684. The molecule has 0 aliphatic carbocycles. The van der Waals surface area contributed by atoms with E-state index in [2.05, 4.69) is 43.9 Å². The van der Waals surface area contributed by atoms with Crippen molar-refractivity contribution in [3.63, 3.8) is 0 Å². The Balaban J connectivity index is 1.80. The maximum Gasteiger partial charge on any atom is 0.195 e. The number of hydrogen-bond donors (Lipinski definition) is 1. The van der Waals surface area contributed by atoms with Crippen LogP contribution >= 0.6 is 0 Å². The number of fused-ring (bicyclic) bond motifs is 1. The van der Waals surface area contributed by atoms with Gasteiger partial charge >= 0.3 is 0 Å². The quantitative estimate of drug-likeness (QED) is 0.353. The molecule has 1 aromatic rings. The molecule has 0 amide bonds. The number of benzene rings is 1. The van der Waals surface area contributed by atoms with E-state index >= 15 is 0 Å². The van der Waals surface area contributed by atoms with E-state index in [0.29, 0.717) is 0 Å². The SMILES string of the molecule is CC(C)(C)[Si](C)(C)O[C@@H]1O[C@@H]2COC(c3ccccc3)O[C@H]2[C@H](O)[C@H]1N=[N+]=[N-]. The first-order chi connectivity index (χ1) is 13.1. The first kappa shape index (κ1) is 21.3. The minimum Gasteiger partial charge on any atom is -0.392 e. The molecule has 6 atom stereocenters. The lowest BCUT2D eigenvalue weighted by Crippen LogP contribution is -2.63. The topological polar surface area (TPSA) is 106 Å². The predicted molar refractivity (Wildman–Crippen MR) is 106 cm³/mol. The lowest BCUT2D eigenvalue weighted by atomic mass is 9.96. The van der Waals surface area contributed by atoms with Gasteiger partial charge in [0.05, 0.1) is 12.7 Å². The second-order valence-corrected chi connectivity index (χ2v) is 13.5. The van der Waals surface area contributed by atoms with E-state index in [1.807, 2.05) is 30.3 Å². The molecule has 1 N–H and O–H groups in total. The maximum absolute atomic E-state index is 10.9. The number of aliphatic hydroxyl groups is 1. The number of hydrogen-bond acceptors (Lipinski definition) is 6. The van der Waals surface area contributed by atoms with Crippen LogP contribution in [0.15, 0.2) is 35.4 Å². The van der Waals surface area contributed by atoms with Gasteiger partial charge in [-0.05, 0) is 23.7 Å². The second kappa shape index (κ2) is 8.12. The number of nitrogens with zero attached hydrogens (tertiary/aromatic N) is 3. The van der Waals surface area contributed by atoms with Crippen LogP contribution in [0.3, 0.4) is 0 Å². The Kier molecular flexibility index (Phi) is 6.16. The van der Waals surface area contributed by atoms with Crippen molar-refractivity contribution in [1.29, 1.82) is 0 Å². The van der Waals surface area contributed by atoms with Crippen LogP contribution in [0.2, 0.25) is 18.1 Å². The van der Waals surface area contributed by atoms with Crippen molar-refractivity contribution in [2.45, 2.75) is 75.8 Å². The molecule has 1 unspecified atom stereocenters. The number of aliphatic hydroxyl groups excluding tert-OH is 1. The van der Waals surface area contributed by atoms with Crippen molar-refractivity contribution in [1.82, 2.24) is 0 Å². The summed E-state index contributed by atoms with van der Waals surface area (Å²) in [6, 6.07) is 8.61. The smallest absolute Gasteiger partial charge is 0.195 e. The average molecular weight is 408 g/mol. The molecule has 154 valence electrons. The van der Waals surface area contributed by atoms with Gasteiger partial charge in [-0.25, -0.2) is 0 Å². The molecule has 0 radical (unpaired) electrons. The Labute approximate surface area is 166 Å². The van der Waals surface area contributed by atoms with Gasteiger partial charge in [-0.3, -0.25) is 0 Å². The van der Waals surface area contributed by atoms with Crippen LogP contribution in [-0.4, -0.2) is 50.7 Å². The normalized spacial score (nSPS) is 33.6. The summed E-state index contributed by atoms with van der Waals surface area (Å²) in [5.74, 6) is 0. The molecular formula is C19H29N3O5Si. The summed E-state index contributed by atoms with van der Waals surface area (Å²) in [4.78, 5) is 2.90. The highest BCUT2D eigenvalue weighted by atomic mass is 28.4. The monoisotopic (exact) mass is 407 g/mol. The van der Waals surface area contributed by atoms with Gasteiger partial charge in [-0.1, -0.05) is 56.2 Å². The number of ether oxygens (including phenoxy) is 3. The third-order valence-corrected chi connectivity index (χ3v) is 10.2. The third kappa shape index (κ3) is 4.26. The van der Waals surface area contributed by atoms with Gasteiger partial charge in [0.1, 0.15) is 18.2 Å². The summed E-state index contributed by atoms with van der Waals surface area (Å²) in [5.41, 5.74) is 9.87. The van der Waals surface area contributed by atoms with E-state index in [0.717, 1.165) is 5.56 Å². The maximum atomic E-state index is 10.9. The molecule has 0 spiro atoms. The van der Waals surface area contributed by atoms with E-state index in [9.17, 15) is 5.11 Å². The van der Waals surface area contributed by atoms with Crippen molar-refractivity contribution in [2.24, 2.45) is 5.11 Å². The standard InChI is InChI=1S/C19H29N3O5Si/c1-19(2,3)28(4,5)27-18-14(21-22-20)15(23)16-13(25-18)11-24-17(26-16)12-9-7-6-8-10-12/h6-10,13-18,23H,11H2,1-5H3/t13-,14-,15-,16-,17?,18+/m1/s1. The molecule has 1 aromatic carbocycles. The van der Waals surface area contributed by atoms with Crippen molar-refractivity contribution in [2.75, 3.05) is 6.61 Å². The Hall–Kier alpha value is -1.45. The average Bonchev–Trinajstić information content (AvgIpc) is 2.64. The zero-order chi connectivity index (χ0) is 20.5. The highest BCUT2D eigenvalue weighted by molar-refractivity contribution is 6.74. The zero-order valence-electron chi connectivity index (χ0n) is 17.0. The third-order valence-electron chi connectivity index (χ3n) is 5.81. The first-order valence-corrected chi connectivity index (χ1v) is 12.4. The highest BCUT2D eigenvalue weighted by Gasteiger charge is 2.52. The van der Waals surface area contributed by atoms with Gasteiger partial charge in [0.25, 0.3) is 0 Å². The molecular weight excluding hydrogens is 378 g/mol. The molecule has 9 heteroatoms. The highest BCUT2D eigenvalue weighted by Crippen LogP contribution is 2.41. The van der Waals surface area contributed by atoms with Gasteiger partial charge in [0, 0.05) is 10.5 Å². The van der Waals surface area contributed by atoms with Crippen molar-refractivity contribution in [3.05, 3.63) is 46.3 Å². The summed E-state index contributed by atoms with van der Waals surface area (Å²) in [6.07, 6.45) is -3.68. The number of rotatable bonds is 4. The minimum atomic E-state index is -2.22. The molecule has 0 aromatic heterocycles. The molecule has 2 aliphatic rings. The zero-order valence-corrected chi connectivity index (χ0v) is 18.0. The molecule has 2 fully saturated rings. The van der Waals surface area contributed by atoms with Crippen LogP contribution in [0.1, 0.15) is 32.6 Å². The van der Waals surface area contributed by atoms with Crippen LogP contribution in [-0.2, 0) is 18.6 Å². The summed E-state index contributed by atoms with van der Waals surface area (Å²) in [5, 5.41) is 14.7. The molecule has 28 heavy (non-hydrogen) atoms. The minimum absolute atomic E-state index is 0.0585.